The first kappa shape index (κ1) is 20.7. The molecule has 0 radical (unpaired) electrons. The highest BCUT2D eigenvalue weighted by Gasteiger charge is 2.27. The van der Waals surface area contributed by atoms with E-state index in [0.29, 0.717) is 0 Å². The summed E-state index contributed by atoms with van der Waals surface area (Å²) >= 11 is 0. The number of hydrogen-bond donors (Lipinski definition) is 2. The summed E-state index contributed by atoms with van der Waals surface area (Å²) in [4.78, 5) is 13.0. The summed E-state index contributed by atoms with van der Waals surface area (Å²) in [7, 11) is 1.69. The van der Waals surface area contributed by atoms with E-state index in [1.165, 1.54) is 5.57 Å². The van der Waals surface area contributed by atoms with E-state index >= 15 is 0 Å². The van der Waals surface area contributed by atoms with Crippen LogP contribution >= 0.6 is 0 Å². The second-order valence-electron chi connectivity index (χ2n) is 8.30. The molecule has 1 aromatic heterocycles. The van der Waals surface area contributed by atoms with Gasteiger partial charge in [0.25, 0.3) is 0 Å². The Labute approximate surface area is 187 Å². The Balaban J connectivity index is 1.56. The van der Waals surface area contributed by atoms with Gasteiger partial charge in [0.15, 0.2) is 6.29 Å². The molecule has 5 heterocycles. The Hall–Kier alpha value is -3.22. The van der Waals surface area contributed by atoms with Gasteiger partial charge in [-0.2, -0.15) is 0 Å². The molecule has 0 amide bonds. The van der Waals surface area contributed by atoms with Gasteiger partial charge in [0.05, 0.1) is 35.0 Å². The van der Waals surface area contributed by atoms with Gasteiger partial charge in [-0.1, -0.05) is 6.92 Å². The molecule has 8 bridgehead atoms. The van der Waals surface area contributed by atoms with Crippen LogP contribution in [0.2, 0.25) is 0 Å². The van der Waals surface area contributed by atoms with Crippen LogP contribution in [-0.4, -0.2) is 42.0 Å². The smallest absolute Gasteiger partial charge is 0.157 e. The minimum atomic E-state index is -0.220. The number of hydrogen-bond acceptors (Lipinski definition) is 5. The Bertz CT molecular complexity index is 1250. The van der Waals surface area contributed by atoms with Crippen molar-refractivity contribution in [2.75, 3.05) is 7.11 Å². The Kier molecular flexibility index (Phi) is 5.64. The highest BCUT2D eigenvalue weighted by molar-refractivity contribution is 6.20. The van der Waals surface area contributed by atoms with Gasteiger partial charge in [-0.05, 0) is 86.1 Å². The van der Waals surface area contributed by atoms with Gasteiger partial charge in [-0.25, -0.2) is 9.98 Å². The number of H-pyrrole nitrogens is 1. The molecule has 3 atom stereocenters. The van der Waals surface area contributed by atoms with Crippen LogP contribution < -0.4 is 16.0 Å². The Morgan fingerprint density at radius 1 is 1.00 bits per heavy atom. The van der Waals surface area contributed by atoms with Crippen LogP contribution in [0.3, 0.4) is 0 Å². The van der Waals surface area contributed by atoms with Crippen molar-refractivity contribution in [3.05, 3.63) is 82.0 Å². The van der Waals surface area contributed by atoms with Crippen molar-refractivity contribution >= 4 is 23.6 Å². The van der Waals surface area contributed by atoms with Crippen LogP contribution in [0.5, 0.6) is 0 Å². The first-order chi connectivity index (χ1) is 15.6. The number of ether oxygens (including phenoxy) is 2. The number of rotatable bonds is 5. The summed E-state index contributed by atoms with van der Waals surface area (Å²) in [6.45, 7) is 4.15. The van der Waals surface area contributed by atoms with Crippen molar-refractivity contribution in [1.82, 2.24) is 10.3 Å². The summed E-state index contributed by atoms with van der Waals surface area (Å²) in [5, 5.41) is 5.68. The number of nitrogens with one attached hydrogen (secondary N) is 2. The first-order valence-corrected chi connectivity index (χ1v) is 11.1. The molecule has 164 valence electrons. The lowest BCUT2D eigenvalue weighted by Gasteiger charge is -2.21. The zero-order chi connectivity index (χ0) is 22.1. The van der Waals surface area contributed by atoms with E-state index in [2.05, 4.69) is 66.7 Å². The molecule has 0 aromatic carbocycles. The Morgan fingerprint density at radius 3 is 2.38 bits per heavy atom. The predicted molar refractivity (Wildman–Crippen MR) is 128 cm³/mol. The molecular formula is C26H28N4O2. The van der Waals surface area contributed by atoms with Crippen molar-refractivity contribution in [1.29, 1.82) is 0 Å². The predicted octanol–water partition coefficient (Wildman–Crippen LogP) is 2.78. The average Bonchev–Trinajstić information content (AvgIpc) is 3.57. The summed E-state index contributed by atoms with van der Waals surface area (Å²) < 4.78 is 11.6. The zero-order valence-corrected chi connectivity index (χ0v) is 18.6. The molecule has 4 aliphatic heterocycles. The molecular weight excluding hydrogens is 400 g/mol. The van der Waals surface area contributed by atoms with Gasteiger partial charge in [0.1, 0.15) is 0 Å². The van der Waals surface area contributed by atoms with Crippen molar-refractivity contribution in [2.45, 2.75) is 45.1 Å². The molecule has 4 aliphatic rings. The second-order valence-corrected chi connectivity index (χ2v) is 8.30. The molecule has 6 heteroatoms. The van der Waals surface area contributed by atoms with Crippen molar-refractivity contribution < 1.29 is 9.47 Å². The highest BCUT2D eigenvalue weighted by Crippen LogP contribution is 2.29. The van der Waals surface area contributed by atoms with Crippen LogP contribution in [-0.2, 0) is 9.47 Å². The topological polar surface area (TPSA) is 71.0 Å². The van der Waals surface area contributed by atoms with Crippen molar-refractivity contribution in [3.63, 3.8) is 0 Å². The number of fused-ring (bicyclic) bond motifs is 6. The van der Waals surface area contributed by atoms with E-state index < -0.39 is 0 Å². The van der Waals surface area contributed by atoms with E-state index in [9.17, 15) is 0 Å². The standard InChI is InChI=1S/C26H28N4O2/c1-4-26(31-3)32-16(2)24-14-23-13-21-8-7-19(28-21)11-17-5-6-18(27-17)12-20-9-10-22(29-20)15-25(24)30-23/h5-13,15-16,23,26-27,30H,4,14H2,1-3H3. The lowest BCUT2D eigenvalue weighted by molar-refractivity contribution is -0.143. The molecule has 1 aromatic rings. The van der Waals surface area contributed by atoms with Gasteiger partial charge >= 0.3 is 0 Å². The fraction of sp³-hybridized carbons (Fsp3) is 0.308. The van der Waals surface area contributed by atoms with E-state index in [1.54, 1.807) is 7.11 Å². The quantitative estimate of drug-likeness (QED) is 0.709. The van der Waals surface area contributed by atoms with E-state index in [4.69, 9.17) is 19.5 Å². The molecule has 0 fully saturated rings. The van der Waals surface area contributed by atoms with Gasteiger partial charge < -0.3 is 19.8 Å². The summed E-state index contributed by atoms with van der Waals surface area (Å²) in [5.74, 6) is 0. The third-order valence-electron chi connectivity index (χ3n) is 5.94. The fourth-order valence-electron chi connectivity index (χ4n) is 4.33. The van der Waals surface area contributed by atoms with Gasteiger partial charge in [0.2, 0.25) is 0 Å². The molecule has 5 rings (SSSR count). The largest absolute Gasteiger partial charge is 0.378 e. The zero-order valence-electron chi connectivity index (χ0n) is 18.6. The maximum Gasteiger partial charge on any atom is 0.157 e. The molecule has 32 heavy (non-hydrogen) atoms. The summed E-state index contributed by atoms with van der Waals surface area (Å²) in [5.41, 5.74) is 6.01. The number of methoxy groups -OCH3 is 1. The molecule has 3 unspecified atom stereocenters. The lowest BCUT2D eigenvalue weighted by Crippen LogP contribution is -2.23. The monoisotopic (exact) mass is 428 g/mol. The van der Waals surface area contributed by atoms with Crippen LogP contribution in [0.4, 0.5) is 0 Å². The molecule has 0 aliphatic carbocycles. The summed E-state index contributed by atoms with van der Waals surface area (Å²) in [6.07, 6.45) is 17.9. The van der Waals surface area contributed by atoms with Crippen LogP contribution in [0.25, 0.3) is 12.2 Å². The second kappa shape index (κ2) is 8.73. The van der Waals surface area contributed by atoms with Gasteiger partial charge in [0, 0.05) is 23.5 Å². The van der Waals surface area contributed by atoms with Gasteiger partial charge in [-0.3, -0.25) is 0 Å². The number of aromatic nitrogens is 1. The van der Waals surface area contributed by atoms with Crippen LogP contribution in [0.15, 0.2) is 81.2 Å². The third kappa shape index (κ3) is 4.38. The minimum Gasteiger partial charge on any atom is -0.378 e. The number of allylic oxidation sites excluding steroid dienone is 5. The van der Waals surface area contributed by atoms with E-state index in [-0.39, 0.29) is 18.4 Å². The normalized spacial score (nSPS) is 23.0. The third-order valence-corrected chi connectivity index (χ3v) is 5.94. The molecule has 2 N–H and O–H groups in total. The average molecular weight is 429 g/mol. The van der Waals surface area contributed by atoms with E-state index in [1.807, 2.05) is 18.2 Å². The summed E-state index contributed by atoms with van der Waals surface area (Å²) in [6, 6.07) is 4.25. The molecule has 0 saturated heterocycles. The highest BCUT2D eigenvalue weighted by atomic mass is 16.7. The maximum absolute atomic E-state index is 6.18. The fourth-order valence-corrected chi connectivity index (χ4v) is 4.33. The number of aromatic amines is 1. The number of aliphatic imine (C=N–C) groups is 2. The van der Waals surface area contributed by atoms with E-state index in [0.717, 1.165) is 52.1 Å². The van der Waals surface area contributed by atoms with Crippen molar-refractivity contribution in [2.24, 2.45) is 9.98 Å². The van der Waals surface area contributed by atoms with Crippen molar-refractivity contribution in [3.8, 4) is 0 Å². The minimum absolute atomic E-state index is 0.0753. The van der Waals surface area contributed by atoms with Crippen LogP contribution in [0.1, 0.15) is 26.7 Å². The lowest BCUT2D eigenvalue weighted by atomic mass is 10.0. The van der Waals surface area contributed by atoms with Crippen LogP contribution in [0, 0.1) is 0 Å². The number of nitrogens with zero attached hydrogens (tertiary/aromatic N) is 2. The Morgan fingerprint density at radius 2 is 1.69 bits per heavy atom. The molecule has 0 saturated carbocycles. The molecule has 6 nitrogen and oxygen atoms in total. The molecule has 0 spiro atoms. The first-order valence-electron chi connectivity index (χ1n) is 11.1. The maximum atomic E-state index is 6.18. The van der Waals surface area contributed by atoms with Gasteiger partial charge in [-0.15, -0.1) is 0 Å². The SMILES string of the molecule is CCC(OC)OC(C)C1=C2C=C3C=CC(=N3)C=c3ccc([nH]3)=CC3=NC(=CC(C1)N2)C=C3.